The average Bonchev–Trinajstić information content (AvgIpc) is 2.67. The lowest BCUT2D eigenvalue weighted by Crippen LogP contribution is -2.50. The van der Waals surface area contributed by atoms with E-state index in [1.165, 1.54) is 12.8 Å². The molecule has 0 radical (unpaired) electrons. The Morgan fingerprint density at radius 1 is 1.24 bits per heavy atom. The second kappa shape index (κ2) is 5.83. The molecule has 2 rings (SSSR count). The molecule has 1 saturated heterocycles. The van der Waals surface area contributed by atoms with Gasteiger partial charge in [0.2, 0.25) is 5.91 Å². The van der Waals surface area contributed by atoms with Gasteiger partial charge in [-0.15, -0.1) is 0 Å². The Kier molecular flexibility index (Phi) is 4.40. The van der Waals surface area contributed by atoms with E-state index in [-0.39, 0.29) is 18.1 Å². The summed E-state index contributed by atoms with van der Waals surface area (Å²) in [7, 11) is 0. The Labute approximate surface area is 104 Å². The summed E-state index contributed by atoms with van der Waals surface area (Å²) in [5, 5.41) is 3.13. The summed E-state index contributed by atoms with van der Waals surface area (Å²) in [6.45, 7) is 6.38. The molecule has 0 aromatic rings. The number of rotatable bonds is 3. The molecule has 2 fully saturated rings. The molecule has 2 unspecified atom stereocenters. The smallest absolute Gasteiger partial charge is 0.234 e. The summed E-state index contributed by atoms with van der Waals surface area (Å²) in [5.41, 5.74) is 0. The monoisotopic (exact) mass is 240 g/mol. The van der Waals surface area contributed by atoms with Crippen LogP contribution < -0.4 is 5.32 Å². The molecule has 2 atom stereocenters. The van der Waals surface area contributed by atoms with Crippen LogP contribution in [0.2, 0.25) is 0 Å². The SMILES string of the molecule is CC1CN(CC(=O)NC2CCCC2)CC(C)O1. The molecule has 0 spiro atoms. The molecule has 1 saturated carbocycles. The highest BCUT2D eigenvalue weighted by atomic mass is 16.5. The number of hydrogen-bond acceptors (Lipinski definition) is 3. The van der Waals surface area contributed by atoms with Gasteiger partial charge in [0.25, 0.3) is 0 Å². The maximum absolute atomic E-state index is 11.9. The summed E-state index contributed by atoms with van der Waals surface area (Å²) in [4.78, 5) is 14.1. The second-order valence-electron chi connectivity index (χ2n) is 5.50. The van der Waals surface area contributed by atoms with E-state index < -0.39 is 0 Å². The third kappa shape index (κ3) is 3.96. The summed E-state index contributed by atoms with van der Waals surface area (Å²) in [5.74, 6) is 0.179. The zero-order chi connectivity index (χ0) is 12.3. The average molecular weight is 240 g/mol. The fourth-order valence-corrected chi connectivity index (χ4v) is 2.96. The molecule has 0 aromatic carbocycles. The van der Waals surface area contributed by atoms with Crippen molar-refractivity contribution in [3.05, 3.63) is 0 Å². The highest BCUT2D eigenvalue weighted by Gasteiger charge is 2.24. The molecular weight excluding hydrogens is 216 g/mol. The van der Waals surface area contributed by atoms with Gasteiger partial charge in [-0.3, -0.25) is 9.69 Å². The number of nitrogens with one attached hydrogen (secondary N) is 1. The van der Waals surface area contributed by atoms with Crippen LogP contribution in [0.5, 0.6) is 0 Å². The largest absolute Gasteiger partial charge is 0.373 e. The van der Waals surface area contributed by atoms with Crippen LogP contribution in [0.4, 0.5) is 0 Å². The van der Waals surface area contributed by atoms with Crippen molar-refractivity contribution >= 4 is 5.91 Å². The van der Waals surface area contributed by atoms with Gasteiger partial charge >= 0.3 is 0 Å². The minimum absolute atomic E-state index is 0.179. The van der Waals surface area contributed by atoms with Gasteiger partial charge in [0, 0.05) is 19.1 Å². The number of nitrogens with zero attached hydrogens (tertiary/aromatic N) is 1. The van der Waals surface area contributed by atoms with E-state index in [2.05, 4.69) is 24.1 Å². The van der Waals surface area contributed by atoms with Crippen LogP contribution in [0.25, 0.3) is 0 Å². The topological polar surface area (TPSA) is 41.6 Å². The predicted molar refractivity (Wildman–Crippen MR) is 66.8 cm³/mol. The number of carbonyl (C=O) groups is 1. The molecular formula is C13H24N2O2. The first-order chi connectivity index (χ1) is 8.13. The Morgan fingerprint density at radius 3 is 2.41 bits per heavy atom. The van der Waals surface area contributed by atoms with Gasteiger partial charge in [-0.25, -0.2) is 0 Å². The zero-order valence-electron chi connectivity index (χ0n) is 10.9. The number of hydrogen-bond donors (Lipinski definition) is 1. The Balaban J connectivity index is 1.73. The first-order valence-electron chi connectivity index (χ1n) is 6.80. The van der Waals surface area contributed by atoms with Crippen molar-refractivity contribution in [3.63, 3.8) is 0 Å². The molecule has 4 nitrogen and oxygen atoms in total. The molecule has 1 aliphatic heterocycles. The van der Waals surface area contributed by atoms with Gasteiger partial charge in [-0.2, -0.15) is 0 Å². The Bertz CT molecular complexity index is 254. The van der Waals surface area contributed by atoms with Crippen LogP contribution in [-0.4, -0.2) is 48.7 Å². The van der Waals surface area contributed by atoms with Crippen LogP contribution >= 0.6 is 0 Å². The fourth-order valence-electron chi connectivity index (χ4n) is 2.96. The summed E-state index contributed by atoms with van der Waals surface area (Å²) >= 11 is 0. The van der Waals surface area contributed by atoms with E-state index in [1.807, 2.05) is 0 Å². The number of morpholine rings is 1. The number of ether oxygens (including phenoxy) is 1. The third-order valence-corrected chi connectivity index (χ3v) is 3.58. The van der Waals surface area contributed by atoms with E-state index in [4.69, 9.17) is 4.74 Å². The lowest BCUT2D eigenvalue weighted by molar-refractivity contribution is -0.126. The normalized spacial score (nSPS) is 31.6. The van der Waals surface area contributed by atoms with Crippen molar-refractivity contribution in [3.8, 4) is 0 Å². The molecule has 1 amide bonds. The van der Waals surface area contributed by atoms with Gasteiger partial charge in [-0.05, 0) is 26.7 Å². The van der Waals surface area contributed by atoms with Gasteiger partial charge in [-0.1, -0.05) is 12.8 Å². The van der Waals surface area contributed by atoms with Gasteiger partial charge < -0.3 is 10.1 Å². The van der Waals surface area contributed by atoms with Crippen molar-refractivity contribution in [2.75, 3.05) is 19.6 Å². The highest BCUT2D eigenvalue weighted by Crippen LogP contribution is 2.17. The molecule has 4 heteroatoms. The first-order valence-corrected chi connectivity index (χ1v) is 6.80. The lowest BCUT2D eigenvalue weighted by atomic mass is 10.2. The second-order valence-corrected chi connectivity index (χ2v) is 5.50. The molecule has 1 N–H and O–H groups in total. The third-order valence-electron chi connectivity index (χ3n) is 3.58. The van der Waals surface area contributed by atoms with E-state index >= 15 is 0 Å². The Morgan fingerprint density at radius 2 is 1.82 bits per heavy atom. The molecule has 2 aliphatic rings. The highest BCUT2D eigenvalue weighted by molar-refractivity contribution is 5.78. The minimum Gasteiger partial charge on any atom is -0.373 e. The quantitative estimate of drug-likeness (QED) is 0.804. The standard InChI is InChI=1S/C13H24N2O2/c1-10-7-15(8-11(2)17-10)9-13(16)14-12-5-3-4-6-12/h10-12H,3-9H2,1-2H3,(H,14,16). The number of amides is 1. The molecule has 1 aliphatic carbocycles. The zero-order valence-corrected chi connectivity index (χ0v) is 10.9. The van der Waals surface area contributed by atoms with E-state index in [1.54, 1.807) is 0 Å². The summed E-state index contributed by atoms with van der Waals surface area (Å²) < 4.78 is 5.66. The summed E-state index contributed by atoms with van der Waals surface area (Å²) in [6, 6.07) is 0.429. The van der Waals surface area contributed by atoms with Gasteiger partial charge in [0.1, 0.15) is 0 Å². The van der Waals surface area contributed by atoms with Crippen molar-refractivity contribution in [1.82, 2.24) is 10.2 Å². The molecule has 17 heavy (non-hydrogen) atoms. The molecule has 1 heterocycles. The maximum Gasteiger partial charge on any atom is 0.234 e. The van der Waals surface area contributed by atoms with Crippen molar-refractivity contribution in [2.45, 2.75) is 57.8 Å². The van der Waals surface area contributed by atoms with Crippen LogP contribution in [0.1, 0.15) is 39.5 Å². The maximum atomic E-state index is 11.9. The molecule has 0 aromatic heterocycles. The van der Waals surface area contributed by atoms with E-state index in [0.717, 1.165) is 25.9 Å². The van der Waals surface area contributed by atoms with E-state index in [9.17, 15) is 4.79 Å². The predicted octanol–water partition coefficient (Wildman–Crippen LogP) is 1.15. The lowest BCUT2D eigenvalue weighted by Gasteiger charge is -2.34. The molecule has 0 bridgehead atoms. The fraction of sp³-hybridized carbons (Fsp3) is 0.923. The van der Waals surface area contributed by atoms with Gasteiger partial charge in [0.05, 0.1) is 18.8 Å². The van der Waals surface area contributed by atoms with Crippen LogP contribution in [0, 0.1) is 0 Å². The number of carbonyl (C=O) groups excluding carboxylic acids is 1. The Hall–Kier alpha value is -0.610. The van der Waals surface area contributed by atoms with Crippen LogP contribution in [-0.2, 0) is 9.53 Å². The minimum atomic E-state index is 0.179. The molecule has 98 valence electrons. The van der Waals surface area contributed by atoms with Crippen molar-refractivity contribution in [1.29, 1.82) is 0 Å². The van der Waals surface area contributed by atoms with Crippen LogP contribution in [0.3, 0.4) is 0 Å². The first kappa shape index (κ1) is 12.8. The van der Waals surface area contributed by atoms with Crippen molar-refractivity contribution in [2.24, 2.45) is 0 Å². The van der Waals surface area contributed by atoms with Crippen molar-refractivity contribution < 1.29 is 9.53 Å². The van der Waals surface area contributed by atoms with E-state index in [0.29, 0.717) is 12.6 Å². The summed E-state index contributed by atoms with van der Waals surface area (Å²) in [6.07, 6.45) is 5.30. The van der Waals surface area contributed by atoms with Crippen LogP contribution in [0.15, 0.2) is 0 Å². The van der Waals surface area contributed by atoms with Gasteiger partial charge in [0.15, 0.2) is 0 Å².